The van der Waals surface area contributed by atoms with Crippen LogP contribution in [0.5, 0.6) is 0 Å². The normalized spacial score (nSPS) is 18.5. The summed E-state index contributed by atoms with van der Waals surface area (Å²) in [6.07, 6.45) is 1.84. The van der Waals surface area contributed by atoms with E-state index in [1.165, 1.54) is 10.4 Å². The first kappa shape index (κ1) is 21.8. The standard InChI is InChI=1S/C25H22N2O4S2/c28-32(29)18-22(16-19-8-2-1-3-9-19)27(17-21-10-4-5-13-23(21)32)33(30,31)24-14-6-11-20-12-7-15-26-25(20)24/h1-15,22H,16-18H2/t22-/m1/s1. The van der Waals surface area contributed by atoms with E-state index in [-0.39, 0.29) is 28.5 Å². The van der Waals surface area contributed by atoms with Gasteiger partial charge in [0.05, 0.1) is 16.2 Å². The van der Waals surface area contributed by atoms with E-state index in [0.29, 0.717) is 16.5 Å². The number of benzene rings is 3. The second-order valence-corrected chi connectivity index (χ2v) is 12.0. The van der Waals surface area contributed by atoms with E-state index in [2.05, 4.69) is 4.98 Å². The summed E-state index contributed by atoms with van der Waals surface area (Å²) in [7, 11) is -7.76. The minimum atomic E-state index is -4.07. The van der Waals surface area contributed by atoms with Gasteiger partial charge in [-0.2, -0.15) is 4.31 Å². The molecular weight excluding hydrogens is 456 g/mol. The lowest BCUT2D eigenvalue weighted by Crippen LogP contribution is -2.43. The predicted molar refractivity (Wildman–Crippen MR) is 127 cm³/mol. The molecule has 0 amide bonds. The molecule has 0 radical (unpaired) electrons. The summed E-state index contributed by atoms with van der Waals surface area (Å²) in [5.74, 6) is -0.295. The summed E-state index contributed by atoms with van der Waals surface area (Å²) < 4.78 is 56.0. The van der Waals surface area contributed by atoms with Crippen molar-refractivity contribution in [1.82, 2.24) is 9.29 Å². The molecule has 2 heterocycles. The number of hydrogen-bond acceptors (Lipinski definition) is 5. The third-order valence-electron chi connectivity index (χ3n) is 5.95. The summed E-state index contributed by atoms with van der Waals surface area (Å²) in [5, 5.41) is 0.709. The van der Waals surface area contributed by atoms with Crippen LogP contribution in [0.15, 0.2) is 101 Å². The van der Waals surface area contributed by atoms with Gasteiger partial charge in [0.15, 0.2) is 9.84 Å². The van der Waals surface area contributed by atoms with Crippen LogP contribution >= 0.6 is 0 Å². The minimum Gasteiger partial charge on any atom is -0.255 e. The summed E-state index contributed by atoms with van der Waals surface area (Å²) in [4.78, 5) is 4.59. The highest BCUT2D eigenvalue weighted by Crippen LogP contribution is 2.33. The molecule has 1 atom stereocenters. The number of aromatic nitrogens is 1. The number of fused-ring (bicyclic) bond motifs is 2. The van der Waals surface area contributed by atoms with Crippen LogP contribution in [0, 0.1) is 0 Å². The first-order valence-corrected chi connectivity index (χ1v) is 13.7. The van der Waals surface area contributed by atoms with Crippen LogP contribution in [0.3, 0.4) is 0 Å². The molecule has 0 saturated heterocycles. The molecule has 1 aliphatic rings. The average Bonchev–Trinajstić information content (AvgIpc) is 2.93. The van der Waals surface area contributed by atoms with Crippen molar-refractivity contribution in [2.24, 2.45) is 0 Å². The van der Waals surface area contributed by atoms with Crippen LogP contribution < -0.4 is 0 Å². The van der Waals surface area contributed by atoms with E-state index >= 15 is 0 Å². The fourth-order valence-corrected chi connectivity index (χ4v) is 8.06. The van der Waals surface area contributed by atoms with Gasteiger partial charge in [-0.15, -0.1) is 0 Å². The van der Waals surface area contributed by atoms with Crippen LogP contribution in [-0.4, -0.2) is 37.9 Å². The van der Waals surface area contributed by atoms with Crippen LogP contribution in [-0.2, 0) is 32.8 Å². The monoisotopic (exact) mass is 478 g/mol. The Balaban J connectivity index is 1.69. The summed E-state index contributed by atoms with van der Waals surface area (Å²) in [6, 6.07) is 23.8. The Morgan fingerprint density at radius 2 is 1.61 bits per heavy atom. The molecule has 5 rings (SSSR count). The van der Waals surface area contributed by atoms with Crippen molar-refractivity contribution in [2.75, 3.05) is 5.75 Å². The number of para-hydroxylation sites is 1. The highest BCUT2D eigenvalue weighted by molar-refractivity contribution is 7.92. The molecule has 1 aliphatic heterocycles. The first-order chi connectivity index (χ1) is 15.9. The summed E-state index contributed by atoms with van der Waals surface area (Å²) >= 11 is 0. The highest BCUT2D eigenvalue weighted by atomic mass is 32.2. The van der Waals surface area contributed by atoms with Crippen molar-refractivity contribution in [3.05, 3.63) is 102 Å². The van der Waals surface area contributed by atoms with Gasteiger partial charge >= 0.3 is 0 Å². The molecule has 0 bridgehead atoms. The van der Waals surface area contributed by atoms with Crippen LogP contribution in [0.2, 0.25) is 0 Å². The molecule has 168 valence electrons. The average molecular weight is 479 g/mol. The first-order valence-electron chi connectivity index (χ1n) is 10.6. The molecule has 0 fully saturated rings. The lowest BCUT2D eigenvalue weighted by molar-refractivity contribution is 0.332. The van der Waals surface area contributed by atoms with E-state index in [9.17, 15) is 16.8 Å². The lowest BCUT2D eigenvalue weighted by atomic mass is 10.1. The van der Waals surface area contributed by atoms with E-state index in [1.807, 2.05) is 42.5 Å². The molecule has 0 spiro atoms. The van der Waals surface area contributed by atoms with E-state index < -0.39 is 25.9 Å². The van der Waals surface area contributed by atoms with Gasteiger partial charge in [0.25, 0.3) is 0 Å². The van der Waals surface area contributed by atoms with Crippen molar-refractivity contribution in [1.29, 1.82) is 0 Å². The number of rotatable bonds is 4. The summed E-state index contributed by atoms with van der Waals surface area (Å²) in [5.41, 5.74) is 1.73. The van der Waals surface area contributed by atoms with Crippen molar-refractivity contribution < 1.29 is 16.8 Å². The number of sulfone groups is 1. The lowest BCUT2D eigenvalue weighted by Gasteiger charge is -2.29. The Bertz CT molecular complexity index is 1530. The maximum Gasteiger partial charge on any atom is 0.245 e. The van der Waals surface area contributed by atoms with Crippen molar-refractivity contribution in [2.45, 2.75) is 28.8 Å². The number of sulfonamides is 1. The number of pyridine rings is 1. The van der Waals surface area contributed by atoms with Crippen molar-refractivity contribution in [3.63, 3.8) is 0 Å². The quantitative estimate of drug-likeness (QED) is 0.445. The van der Waals surface area contributed by atoms with Crippen molar-refractivity contribution >= 4 is 30.8 Å². The maximum absolute atomic E-state index is 14.1. The molecule has 0 N–H and O–H groups in total. The number of nitrogens with zero attached hydrogens (tertiary/aromatic N) is 2. The molecular formula is C25H22N2O4S2. The third kappa shape index (κ3) is 4.06. The van der Waals surface area contributed by atoms with Gasteiger partial charge in [-0.3, -0.25) is 4.98 Å². The summed E-state index contributed by atoms with van der Waals surface area (Å²) in [6.45, 7) is -0.0293. The molecule has 6 nitrogen and oxygen atoms in total. The largest absolute Gasteiger partial charge is 0.255 e. The zero-order valence-corrected chi connectivity index (χ0v) is 19.3. The third-order valence-corrected chi connectivity index (χ3v) is 9.77. The SMILES string of the molecule is O=S1(=O)C[C@@H](Cc2ccccc2)N(S(=O)(=O)c2cccc3cccnc23)Cc2ccccc21. The van der Waals surface area contributed by atoms with E-state index in [4.69, 9.17) is 0 Å². The molecule has 33 heavy (non-hydrogen) atoms. The second-order valence-electron chi connectivity index (χ2n) is 8.11. The Labute approximate surface area is 193 Å². The molecule has 4 aromatic rings. The van der Waals surface area contributed by atoms with Crippen LogP contribution in [0.1, 0.15) is 11.1 Å². The fourth-order valence-electron chi connectivity index (χ4n) is 4.40. The molecule has 1 aromatic heterocycles. The van der Waals surface area contributed by atoms with Gasteiger partial charge in [-0.25, -0.2) is 16.8 Å². The Morgan fingerprint density at radius 1 is 0.879 bits per heavy atom. The zero-order valence-electron chi connectivity index (χ0n) is 17.7. The Hall–Kier alpha value is -3.07. The van der Waals surface area contributed by atoms with Crippen LogP contribution in [0.25, 0.3) is 10.9 Å². The second kappa shape index (κ2) is 8.37. The van der Waals surface area contributed by atoms with Gasteiger partial charge in [-0.1, -0.05) is 66.7 Å². The topological polar surface area (TPSA) is 84.4 Å². The van der Waals surface area contributed by atoms with Crippen LogP contribution in [0.4, 0.5) is 0 Å². The molecule has 0 aliphatic carbocycles. The van der Waals surface area contributed by atoms with Gasteiger partial charge in [0.2, 0.25) is 10.0 Å². The van der Waals surface area contributed by atoms with E-state index in [0.717, 1.165) is 5.56 Å². The van der Waals surface area contributed by atoms with Gasteiger partial charge in [0, 0.05) is 24.2 Å². The molecule has 3 aromatic carbocycles. The van der Waals surface area contributed by atoms with Crippen molar-refractivity contribution in [3.8, 4) is 0 Å². The Morgan fingerprint density at radius 3 is 2.42 bits per heavy atom. The molecule has 8 heteroatoms. The minimum absolute atomic E-state index is 0.0293. The molecule has 0 unspecified atom stereocenters. The predicted octanol–water partition coefficient (Wildman–Crippen LogP) is 3.82. The highest BCUT2D eigenvalue weighted by Gasteiger charge is 2.39. The number of hydrogen-bond donors (Lipinski definition) is 0. The van der Waals surface area contributed by atoms with Gasteiger partial charge < -0.3 is 0 Å². The Kier molecular flexibility index (Phi) is 5.52. The molecule has 0 saturated carbocycles. The fraction of sp³-hybridized carbons (Fsp3) is 0.160. The van der Waals surface area contributed by atoms with Gasteiger partial charge in [-0.05, 0) is 35.7 Å². The smallest absolute Gasteiger partial charge is 0.245 e. The van der Waals surface area contributed by atoms with Gasteiger partial charge in [0.1, 0.15) is 4.90 Å². The van der Waals surface area contributed by atoms with E-state index in [1.54, 1.807) is 42.6 Å². The maximum atomic E-state index is 14.1. The zero-order chi connectivity index (χ0) is 23.1.